The van der Waals surface area contributed by atoms with Crippen LogP contribution in [-0.2, 0) is 0 Å². The first-order valence-corrected chi connectivity index (χ1v) is 7.06. The van der Waals surface area contributed by atoms with E-state index >= 15 is 0 Å². The molecule has 1 N–H and O–H groups in total. The SMILES string of the molecule is Cc1cccc(N=Cc2nc(-c3ccc(Cl)cc3)oc2O)c1. The van der Waals surface area contributed by atoms with Crippen molar-refractivity contribution in [2.24, 2.45) is 4.99 Å². The van der Waals surface area contributed by atoms with E-state index in [-0.39, 0.29) is 11.6 Å². The van der Waals surface area contributed by atoms with Crippen molar-refractivity contribution in [2.75, 3.05) is 0 Å². The summed E-state index contributed by atoms with van der Waals surface area (Å²) in [6.45, 7) is 1.99. The van der Waals surface area contributed by atoms with Crippen LogP contribution < -0.4 is 0 Å². The average molecular weight is 313 g/mol. The Labute approximate surface area is 132 Å². The molecule has 0 fully saturated rings. The lowest BCUT2D eigenvalue weighted by Gasteiger charge is -1.94. The summed E-state index contributed by atoms with van der Waals surface area (Å²) >= 11 is 5.84. The summed E-state index contributed by atoms with van der Waals surface area (Å²) in [6, 6.07) is 14.7. The zero-order chi connectivity index (χ0) is 15.5. The van der Waals surface area contributed by atoms with Crippen LogP contribution in [0.15, 0.2) is 57.9 Å². The normalized spacial score (nSPS) is 11.2. The van der Waals surface area contributed by atoms with Crippen molar-refractivity contribution in [3.63, 3.8) is 0 Å². The lowest BCUT2D eigenvalue weighted by atomic mass is 10.2. The van der Waals surface area contributed by atoms with Crippen molar-refractivity contribution in [3.8, 4) is 17.4 Å². The molecule has 4 nitrogen and oxygen atoms in total. The number of hydrogen-bond donors (Lipinski definition) is 1. The minimum absolute atomic E-state index is 0.263. The van der Waals surface area contributed by atoms with Crippen molar-refractivity contribution in [1.29, 1.82) is 0 Å². The molecule has 0 bridgehead atoms. The third kappa shape index (κ3) is 3.18. The molecule has 0 unspecified atom stereocenters. The fourth-order valence-corrected chi connectivity index (χ4v) is 2.09. The smallest absolute Gasteiger partial charge is 0.312 e. The molecule has 0 aliphatic rings. The first kappa shape index (κ1) is 14.4. The number of aromatic nitrogens is 1. The van der Waals surface area contributed by atoms with Crippen molar-refractivity contribution in [2.45, 2.75) is 6.92 Å². The highest BCUT2D eigenvalue weighted by Crippen LogP contribution is 2.26. The van der Waals surface area contributed by atoms with Crippen LogP contribution in [-0.4, -0.2) is 16.3 Å². The van der Waals surface area contributed by atoms with Crippen molar-refractivity contribution in [3.05, 3.63) is 64.8 Å². The highest BCUT2D eigenvalue weighted by molar-refractivity contribution is 6.30. The van der Waals surface area contributed by atoms with E-state index in [1.807, 2.05) is 31.2 Å². The number of aromatic hydroxyl groups is 1. The van der Waals surface area contributed by atoms with Gasteiger partial charge in [-0.2, -0.15) is 0 Å². The van der Waals surface area contributed by atoms with Crippen molar-refractivity contribution >= 4 is 23.5 Å². The summed E-state index contributed by atoms with van der Waals surface area (Å²) in [6.07, 6.45) is 1.48. The standard InChI is InChI=1S/C17H13ClN2O2/c1-11-3-2-4-14(9-11)19-10-15-17(21)22-16(20-15)12-5-7-13(18)8-6-12/h2-10,21H,1H3. The molecule has 2 aromatic carbocycles. The Balaban J connectivity index is 1.88. The van der Waals surface area contributed by atoms with Gasteiger partial charge < -0.3 is 9.52 Å². The number of aryl methyl sites for hydroxylation is 1. The summed E-state index contributed by atoms with van der Waals surface area (Å²) in [4.78, 5) is 8.53. The average Bonchev–Trinajstić information content (AvgIpc) is 2.87. The van der Waals surface area contributed by atoms with E-state index in [0.717, 1.165) is 16.8 Å². The minimum atomic E-state index is -0.263. The van der Waals surface area contributed by atoms with Crippen LogP contribution in [0.5, 0.6) is 5.95 Å². The quantitative estimate of drug-likeness (QED) is 0.709. The van der Waals surface area contributed by atoms with Gasteiger partial charge >= 0.3 is 5.95 Å². The lowest BCUT2D eigenvalue weighted by molar-refractivity contribution is 0.337. The van der Waals surface area contributed by atoms with Gasteiger partial charge in [0, 0.05) is 10.6 Å². The topological polar surface area (TPSA) is 58.6 Å². The highest BCUT2D eigenvalue weighted by Gasteiger charge is 2.12. The second-order valence-electron chi connectivity index (χ2n) is 4.81. The largest absolute Gasteiger partial charge is 0.479 e. The van der Waals surface area contributed by atoms with E-state index < -0.39 is 0 Å². The van der Waals surface area contributed by atoms with Crippen LogP contribution in [0.2, 0.25) is 5.02 Å². The molecule has 0 aliphatic heterocycles. The number of hydrogen-bond acceptors (Lipinski definition) is 4. The number of rotatable bonds is 3. The zero-order valence-electron chi connectivity index (χ0n) is 11.8. The molecule has 0 spiro atoms. The number of halogens is 1. The second kappa shape index (κ2) is 6.03. The molecule has 1 aromatic heterocycles. The molecule has 5 heteroatoms. The third-order valence-corrected chi connectivity index (χ3v) is 3.32. The summed E-state index contributed by atoms with van der Waals surface area (Å²) in [7, 11) is 0. The molecule has 3 aromatic rings. The first-order valence-electron chi connectivity index (χ1n) is 6.68. The highest BCUT2D eigenvalue weighted by atomic mass is 35.5. The van der Waals surface area contributed by atoms with Gasteiger partial charge in [0.1, 0.15) is 0 Å². The van der Waals surface area contributed by atoms with Crippen LogP contribution >= 0.6 is 11.6 Å². The van der Waals surface area contributed by atoms with Crippen molar-refractivity contribution < 1.29 is 9.52 Å². The Bertz CT molecular complexity index is 823. The second-order valence-corrected chi connectivity index (χ2v) is 5.25. The zero-order valence-corrected chi connectivity index (χ0v) is 12.6. The molecule has 22 heavy (non-hydrogen) atoms. The third-order valence-electron chi connectivity index (χ3n) is 3.06. The molecular weight excluding hydrogens is 300 g/mol. The Hall–Kier alpha value is -2.59. The molecule has 0 amide bonds. The van der Waals surface area contributed by atoms with Gasteiger partial charge in [-0.3, -0.25) is 4.99 Å². The Morgan fingerprint density at radius 2 is 1.95 bits per heavy atom. The number of aliphatic imine (C=N–C) groups is 1. The predicted octanol–water partition coefficient (Wildman–Crippen LogP) is 4.76. The number of oxazole rings is 1. The Morgan fingerprint density at radius 1 is 1.18 bits per heavy atom. The summed E-state index contributed by atoms with van der Waals surface area (Å²) in [5.74, 6) is 0.0567. The number of nitrogens with zero attached hydrogens (tertiary/aromatic N) is 2. The van der Waals surface area contributed by atoms with E-state index in [4.69, 9.17) is 16.0 Å². The van der Waals surface area contributed by atoms with Crippen LogP contribution in [0, 0.1) is 6.92 Å². The van der Waals surface area contributed by atoms with E-state index in [0.29, 0.717) is 10.9 Å². The van der Waals surface area contributed by atoms with E-state index in [2.05, 4.69) is 9.98 Å². The maximum Gasteiger partial charge on any atom is 0.312 e. The summed E-state index contributed by atoms with van der Waals surface area (Å²) < 4.78 is 5.26. The van der Waals surface area contributed by atoms with Gasteiger partial charge in [-0.15, -0.1) is 0 Å². The van der Waals surface area contributed by atoms with Crippen LogP contribution in [0.1, 0.15) is 11.3 Å². The summed E-state index contributed by atoms with van der Waals surface area (Å²) in [5.41, 5.74) is 2.91. The number of benzene rings is 2. The molecule has 0 radical (unpaired) electrons. The van der Waals surface area contributed by atoms with Crippen molar-refractivity contribution in [1.82, 2.24) is 4.98 Å². The molecule has 0 atom stereocenters. The fraction of sp³-hybridized carbons (Fsp3) is 0.0588. The van der Waals surface area contributed by atoms with Gasteiger partial charge in [-0.1, -0.05) is 23.7 Å². The molecule has 0 saturated carbocycles. The van der Waals surface area contributed by atoms with Gasteiger partial charge in [0.15, 0.2) is 5.69 Å². The van der Waals surface area contributed by atoms with Gasteiger partial charge in [-0.05, 0) is 48.9 Å². The molecular formula is C17H13ClN2O2. The Morgan fingerprint density at radius 3 is 2.68 bits per heavy atom. The summed E-state index contributed by atoms with van der Waals surface area (Å²) in [5, 5.41) is 10.5. The lowest BCUT2D eigenvalue weighted by Crippen LogP contribution is -1.83. The molecule has 0 saturated heterocycles. The van der Waals surface area contributed by atoms with E-state index in [9.17, 15) is 5.11 Å². The van der Waals surface area contributed by atoms with Gasteiger partial charge in [0.05, 0.1) is 11.9 Å². The molecule has 3 rings (SSSR count). The minimum Gasteiger partial charge on any atom is -0.479 e. The monoisotopic (exact) mass is 312 g/mol. The van der Waals surface area contributed by atoms with Gasteiger partial charge in [-0.25, -0.2) is 4.98 Å². The first-order chi connectivity index (χ1) is 10.6. The fourth-order valence-electron chi connectivity index (χ4n) is 1.97. The van der Waals surface area contributed by atoms with Crippen LogP contribution in [0.25, 0.3) is 11.5 Å². The molecule has 1 heterocycles. The van der Waals surface area contributed by atoms with Gasteiger partial charge in [0.25, 0.3) is 0 Å². The van der Waals surface area contributed by atoms with Crippen LogP contribution in [0.3, 0.4) is 0 Å². The van der Waals surface area contributed by atoms with Gasteiger partial charge in [0.2, 0.25) is 5.89 Å². The Kier molecular flexibility index (Phi) is 3.94. The van der Waals surface area contributed by atoms with Crippen LogP contribution in [0.4, 0.5) is 5.69 Å². The molecule has 110 valence electrons. The maximum atomic E-state index is 9.83. The van der Waals surface area contributed by atoms with E-state index in [1.165, 1.54) is 6.21 Å². The maximum absolute atomic E-state index is 9.83. The molecule has 0 aliphatic carbocycles. The van der Waals surface area contributed by atoms with E-state index in [1.54, 1.807) is 24.3 Å². The predicted molar refractivity (Wildman–Crippen MR) is 87.0 cm³/mol.